The van der Waals surface area contributed by atoms with Crippen molar-refractivity contribution in [2.75, 3.05) is 7.05 Å². The summed E-state index contributed by atoms with van der Waals surface area (Å²) in [6.07, 6.45) is 2.56. The molecule has 1 aromatic carbocycles. The summed E-state index contributed by atoms with van der Waals surface area (Å²) in [6.45, 7) is 4.56. The van der Waals surface area contributed by atoms with E-state index in [4.69, 9.17) is 0 Å². The summed E-state index contributed by atoms with van der Waals surface area (Å²) >= 11 is 0. The van der Waals surface area contributed by atoms with Crippen molar-refractivity contribution in [2.45, 2.75) is 32.7 Å². The van der Waals surface area contributed by atoms with E-state index in [1.165, 1.54) is 24.0 Å². The van der Waals surface area contributed by atoms with E-state index in [1.54, 1.807) is 5.56 Å². The maximum Gasteiger partial charge on any atom is 0.0346 e. The number of hydrogen-bond acceptors (Lipinski definition) is 1. The zero-order chi connectivity index (χ0) is 10.1. The number of benzene rings is 1. The molecule has 0 aromatic heterocycles. The van der Waals surface area contributed by atoms with Gasteiger partial charge in [0.25, 0.3) is 0 Å². The number of hydrogen-bond donors (Lipinski definition) is 1. The van der Waals surface area contributed by atoms with Crippen LogP contribution < -0.4 is 5.32 Å². The molecule has 0 radical (unpaired) electrons. The SMILES string of the molecule is CNC1c2cccc(C)c2CCC1C. The van der Waals surface area contributed by atoms with Gasteiger partial charge in [-0.15, -0.1) is 0 Å². The Bertz CT molecular complexity index is 330. The third-order valence-electron chi connectivity index (χ3n) is 3.51. The predicted octanol–water partition coefficient (Wildman–Crippen LogP) is 2.84. The Labute approximate surface area is 86.5 Å². The fourth-order valence-corrected chi connectivity index (χ4v) is 2.64. The van der Waals surface area contributed by atoms with Crippen molar-refractivity contribution < 1.29 is 0 Å². The van der Waals surface area contributed by atoms with Crippen molar-refractivity contribution in [1.29, 1.82) is 0 Å². The van der Waals surface area contributed by atoms with Gasteiger partial charge in [-0.3, -0.25) is 0 Å². The first-order valence-electron chi connectivity index (χ1n) is 5.49. The van der Waals surface area contributed by atoms with Crippen LogP contribution in [0.4, 0.5) is 0 Å². The molecule has 0 aliphatic heterocycles. The molecule has 0 saturated carbocycles. The smallest absolute Gasteiger partial charge is 0.0346 e. The summed E-state index contributed by atoms with van der Waals surface area (Å²) in [5.74, 6) is 0.759. The Hall–Kier alpha value is -0.820. The maximum absolute atomic E-state index is 3.44. The second kappa shape index (κ2) is 3.74. The average Bonchev–Trinajstić information content (AvgIpc) is 2.18. The summed E-state index contributed by atoms with van der Waals surface area (Å²) in [5, 5.41) is 3.44. The molecule has 0 spiro atoms. The highest BCUT2D eigenvalue weighted by molar-refractivity contribution is 5.38. The molecule has 0 fully saturated rings. The first-order valence-corrected chi connectivity index (χ1v) is 5.49. The van der Waals surface area contributed by atoms with Gasteiger partial charge in [0.15, 0.2) is 0 Å². The van der Waals surface area contributed by atoms with Crippen molar-refractivity contribution in [1.82, 2.24) is 5.32 Å². The summed E-state index contributed by atoms with van der Waals surface area (Å²) in [7, 11) is 2.07. The van der Waals surface area contributed by atoms with E-state index in [-0.39, 0.29) is 0 Å². The van der Waals surface area contributed by atoms with E-state index in [1.807, 2.05) is 0 Å². The second-order valence-corrected chi connectivity index (χ2v) is 4.42. The first kappa shape index (κ1) is 9.72. The Morgan fingerprint density at radius 3 is 2.86 bits per heavy atom. The average molecular weight is 189 g/mol. The Morgan fingerprint density at radius 1 is 1.36 bits per heavy atom. The molecule has 2 unspecified atom stereocenters. The van der Waals surface area contributed by atoms with Gasteiger partial charge in [-0.1, -0.05) is 25.1 Å². The number of fused-ring (bicyclic) bond motifs is 1. The fourth-order valence-electron chi connectivity index (χ4n) is 2.64. The molecule has 1 heteroatoms. The van der Waals surface area contributed by atoms with E-state index < -0.39 is 0 Å². The molecule has 1 N–H and O–H groups in total. The van der Waals surface area contributed by atoms with Crippen LogP contribution in [0.1, 0.15) is 36.1 Å². The van der Waals surface area contributed by atoms with Gasteiger partial charge in [-0.25, -0.2) is 0 Å². The molecule has 76 valence electrons. The van der Waals surface area contributed by atoms with Crippen LogP contribution in [0.25, 0.3) is 0 Å². The van der Waals surface area contributed by atoms with Crippen LogP contribution in [0.5, 0.6) is 0 Å². The van der Waals surface area contributed by atoms with Gasteiger partial charge in [0.2, 0.25) is 0 Å². The van der Waals surface area contributed by atoms with Crippen molar-refractivity contribution >= 4 is 0 Å². The largest absolute Gasteiger partial charge is 0.313 e. The first-order chi connectivity index (χ1) is 6.74. The van der Waals surface area contributed by atoms with Crippen molar-refractivity contribution in [2.24, 2.45) is 5.92 Å². The Balaban J connectivity index is 2.46. The summed E-state index contributed by atoms with van der Waals surface area (Å²) in [5.41, 5.74) is 4.55. The molecule has 1 aromatic rings. The van der Waals surface area contributed by atoms with E-state index >= 15 is 0 Å². The molecule has 2 atom stereocenters. The van der Waals surface area contributed by atoms with E-state index in [9.17, 15) is 0 Å². The molecular formula is C13H19N. The van der Waals surface area contributed by atoms with E-state index in [0.717, 1.165) is 5.92 Å². The highest BCUT2D eigenvalue weighted by Crippen LogP contribution is 2.35. The minimum absolute atomic E-state index is 0.554. The van der Waals surface area contributed by atoms with Gasteiger partial charge in [0, 0.05) is 6.04 Å². The van der Waals surface area contributed by atoms with Gasteiger partial charge < -0.3 is 5.32 Å². The normalized spacial score (nSPS) is 25.9. The fraction of sp³-hybridized carbons (Fsp3) is 0.538. The van der Waals surface area contributed by atoms with Gasteiger partial charge in [0.05, 0.1) is 0 Å². The van der Waals surface area contributed by atoms with Crippen LogP contribution in [0.15, 0.2) is 18.2 Å². The summed E-state index contributed by atoms with van der Waals surface area (Å²) in [4.78, 5) is 0. The lowest BCUT2D eigenvalue weighted by Gasteiger charge is -2.32. The molecular weight excluding hydrogens is 170 g/mol. The molecule has 0 heterocycles. The third-order valence-corrected chi connectivity index (χ3v) is 3.51. The van der Waals surface area contributed by atoms with Crippen LogP contribution >= 0.6 is 0 Å². The Kier molecular flexibility index (Phi) is 2.60. The van der Waals surface area contributed by atoms with Crippen LogP contribution in [-0.4, -0.2) is 7.05 Å². The topological polar surface area (TPSA) is 12.0 Å². The lowest BCUT2D eigenvalue weighted by atomic mass is 9.79. The molecule has 1 aliphatic carbocycles. The molecule has 2 rings (SSSR count). The second-order valence-electron chi connectivity index (χ2n) is 4.42. The highest BCUT2D eigenvalue weighted by atomic mass is 14.9. The number of nitrogens with one attached hydrogen (secondary N) is 1. The van der Waals surface area contributed by atoms with Crippen molar-refractivity contribution in [3.63, 3.8) is 0 Å². The lowest BCUT2D eigenvalue weighted by molar-refractivity contribution is 0.363. The maximum atomic E-state index is 3.44. The van der Waals surface area contributed by atoms with Crippen LogP contribution in [0.2, 0.25) is 0 Å². The number of rotatable bonds is 1. The molecule has 0 saturated heterocycles. The molecule has 1 nitrogen and oxygen atoms in total. The molecule has 14 heavy (non-hydrogen) atoms. The highest BCUT2D eigenvalue weighted by Gasteiger charge is 2.25. The minimum Gasteiger partial charge on any atom is -0.313 e. The van der Waals surface area contributed by atoms with Crippen molar-refractivity contribution in [3.05, 3.63) is 34.9 Å². The third kappa shape index (κ3) is 1.46. The molecule has 0 bridgehead atoms. The quantitative estimate of drug-likeness (QED) is 0.716. The van der Waals surface area contributed by atoms with Gasteiger partial charge >= 0.3 is 0 Å². The zero-order valence-corrected chi connectivity index (χ0v) is 9.30. The molecule has 1 aliphatic rings. The minimum atomic E-state index is 0.554. The van der Waals surface area contributed by atoms with Crippen LogP contribution in [-0.2, 0) is 6.42 Å². The number of aryl methyl sites for hydroxylation is 1. The zero-order valence-electron chi connectivity index (χ0n) is 9.30. The monoisotopic (exact) mass is 189 g/mol. The standard InChI is InChI=1S/C13H19N/c1-9-5-4-6-12-11(9)8-7-10(2)13(12)14-3/h4-6,10,13-14H,7-8H2,1-3H3. The van der Waals surface area contributed by atoms with Crippen LogP contribution in [0.3, 0.4) is 0 Å². The van der Waals surface area contributed by atoms with E-state index in [0.29, 0.717) is 6.04 Å². The molecule has 0 amide bonds. The van der Waals surface area contributed by atoms with E-state index in [2.05, 4.69) is 44.4 Å². The van der Waals surface area contributed by atoms with Gasteiger partial charge in [-0.05, 0) is 49.4 Å². The van der Waals surface area contributed by atoms with Gasteiger partial charge in [0.1, 0.15) is 0 Å². The predicted molar refractivity (Wildman–Crippen MR) is 60.5 cm³/mol. The summed E-state index contributed by atoms with van der Waals surface area (Å²) < 4.78 is 0. The van der Waals surface area contributed by atoms with Gasteiger partial charge in [-0.2, -0.15) is 0 Å². The lowest BCUT2D eigenvalue weighted by Crippen LogP contribution is -2.28. The Morgan fingerprint density at radius 2 is 2.14 bits per heavy atom. The van der Waals surface area contributed by atoms with Crippen molar-refractivity contribution in [3.8, 4) is 0 Å². The summed E-state index contributed by atoms with van der Waals surface area (Å²) in [6, 6.07) is 7.23. The van der Waals surface area contributed by atoms with Crippen LogP contribution in [0, 0.1) is 12.8 Å².